The van der Waals surface area contributed by atoms with Gasteiger partial charge in [0, 0.05) is 24.5 Å². The van der Waals surface area contributed by atoms with Crippen molar-refractivity contribution in [2.45, 2.75) is 51.0 Å². The van der Waals surface area contributed by atoms with Crippen molar-refractivity contribution in [2.75, 3.05) is 36.8 Å². The monoisotopic (exact) mass is 339 g/mol. The molecule has 4 rings (SSSR count). The van der Waals surface area contributed by atoms with Gasteiger partial charge in [-0.1, -0.05) is 31.4 Å². The summed E-state index contributed by atoms with van der Waals surface area (Å²) in [5, 5.41) is 8.25. The van der Waals surface area contributed by atoms with Gasteiger partial charge in [0.1, 0.15) is 5.82 Å². The van der Waals surface area contributed by atoms with Gasteiger partial charge in [0.15, 0.2) is 0 Å². The second kappa shape index (κ2) is 8.00. The summed E-state index contributed by atoms with van der Waals surface area (Å²) >= 11 is 0. The SMILES string of the molecule is c1ccc2c(NC3CCCCC3)nc(NCCN3CCCC3)nc2c1. The van der Waals surface area contributed by atoms with E-state index in [2.05, 4.69) is 33.7 Å². The van der Waals surface area contributed by atoms with Crippen LogP contribution in [0.25, 0.3) is 10.9 Å². The summed E-state index contributed by atoms with van der Waals surface area (Å²) in [5.41, 5.74) is 1.01. The number of benzene rings is 1. The van der Waals surface area contributed by atoms with E-state index >= 15 is 0 Å². The lowest BCUT2D eigenvalue weighted by molar-refractivity contribution is 0.352. The van der Waals surface area contributed by atoms with E-state index in [1.165, 1.54) is 58.0 Å². The average Bonchev–Trinajstić information content (AvgIpc) is 3.16. The third kappa shape index (κ3) is 4.21. The quantitative estimate of drug-likeness (QED) is 0.836. The van der Waals surface area contributed by atoms with E-state index in [-0.39, 0.29) is 0 Å². The normalized spacial score (nSPS) is 19.4. The maximum absolute atomic E-state index is 4.81. The third-order valence-electron chi connectivity index (χ3n) is 5.46. The summed E-state index contributed by atoms with van der Waals surface area (Å²) in [6.45, 7) is 4.44. The molecule has 0 atom stereocenters. The summed E-state index contributed by atoms with van der Waals surface area (Å²) in [6, 6.07) is 8.86. The molecule has 25 heavy (non-hydrogen) atoms. The van der Waals surface area contributed by atoms with Gasteiger partial charge in [-0.05, 0) is 50.9 Å². The van der Waals surface area contributed by atoms with Crippen LogP contribution in [-0.2, 0) is 0 Å². The van der Waals surface area contributed by atoms with E-state index in [9.17, 15) is 0 Å². The first-order valence-electron chi connectivity index (χ1n) is 9.88. The topological polar surface area (TPSA) is 53.1 Å². The maximum atomic E-state index is 4.81. The van der Waals surface area contributed by atoms with Crippen molar-refractivity contribution in [2.24, 2.45) is 0 Å². The Hall–Kier alpha value is -1.88. The Bertz CT molecular complexity index is 690. The minimum absolute atomic E-state index is 0.546. The zero-order valence-corrected chi connectivity index (χ0v) is 15.0. The molecule has 2 aliphatic rings. The second-order valence-corrected chi connectivity index (χ2v) is 7.37. The number of hydrogen-bond acceptors (Lipinski definition) is 5. The molecule has 1 saturated carbocycles. The van der Waals surface area contributed by atoms with E-state index in [1.54, 1.807) is 0 Å². The van der Waals surface area contributed by atoms with Crippen LogP contribution >= 0.6 is 0 Å². The summed E-state index contributed by atoms with van der Waals surface area (Å²) in [4.78, 5) is 12.0. The molecule has 2 N–H and O–H groups in total. The Balaban J connectivity index is 1.48. The predicted molar refractivity (Wildman–Crippen MR) is 104 cm³/mol. The lowest BCUT2D eigenvalue weighted by atomic mass is 9.95. The fourth-order valence-electron chi connectivity index (χ4n) is 4.04. The number of hydrogen-bond donors (Lipinski definition) is 2. The van der Waals surface area contributed by atoms with Crippen LogP contribution in [0, 0.1) is 0 Å². The first-order chi connectivity index (χ1) is 12.4. The molecule has 0 spiro atoms. The van der Waals surface area contributed by atoms with Gasteiger partial charge < -0.3 is 15.5 Å². The average molecular weight is 339 g/mol. The number of nitrogens with one attached hydrogen (secondary N) is 2. The zero-order chi connectivity index (χ0) is 16.9. The Morgan fingerprint density at radius 1 is 0.960 bits per heavy atom. The first-order valence-corrected chi connectivity index (χ1v) is 9.88. The molecule has 1 aliphatic heterocycles. The molecule has 0 bridgehead atoms. The van der Waals surface area contributed by atoms with Crippen molar-refractivity contribution in [3.8, 4) is 0 Å². The molecule has 5 nitrogen and oxygen atoms in total. The molecule has 5 heteroatoms. The lowest BCUT2D eigenvalue weighted by Crippen LogP contribution is -2.27. The highest BCUT2D eigenvalue weighted by atomic mass is 15.2. The van der Waals surface area contributed by atoms with Gasteiger partial charge in [0.05, 0.1) is 5.52 Å². The number of likely N-dealkylation sites (tertiary alicyclic amines) is 1. The molecule has 1 aliphatic carbocycles. The van der Waals surface area contributed by atoms with Crippen molar-refractivity contribution < 1.29 is 0 Å². The van der Waals surface area contributed by atoms with Crippen LogP contribution in [0.4, 0.5) is 11.8 Å². The van der Waals surface area contributed by atoms with E-state index in [0.29, 0.717) is 6.04 Å². The van der Waals surface area contributed by atoms with Crippen molar-refractivity contribution in [1.29, 1.82) is 0 Å². The number of aromatic nitrogens is 2. The fraction of sp³-hybridized carbons (Fsp3) is 0.600. The van der Waals surface area contributed by atoms with Crippen molar-refractivity contribution in [3.63, 3.8) is 0 Å². The number of nitrogens with zero attached hydrogens (tertiary/aromatic N) is 3. The standard InChI is InChI=1S/C20H29N5/c1-2-8-16(9-3-1)22-19-17-10-4-5-11-18(17)23-20(24-19)21-12-15-25-13-6-7-14-25/h4-5,10-11,16H,1-3,6-9,12-15H2,(H2,21,22,23,24). The summed E-state index contributed by atoms with van der Waals surface area (Å²) in [6.07, 6.45) is 9.17. The van der Waals surface area contributed by atoms with Crippen molar-refractivity contribution in [3.05, 3.63) is 24.3 Å². The van der Waals surface area contributed by atoms with Crippen LogP contribution in [0.2, 0.25) is 0 Å². The first kappa shape index (κ1) is 16.6. The summed E-state index contributed by atoms with van der Waals surface area (Å²) in [7, 11) is 0. The van der Waals surface area contributed by atoms with Gasteiger partial charge >= 0.3 is 0 Å². The minimum Gasteiger partial charge on any atom is -0.367 e. The molecule has 2 aromatic rings. The second-order valence-electron chi connectivity index (χ2n) is 7.37. The molecule has 0 radical (unpaired) electrons. The van der Waals surface area contributed by atoms with Crippen LogP contribution in [-0.4, -0.2) is 47.1 Å². The smallest absolute Gasteiger partial charge is 0.225 e. The molecule has 0 amide bonds. The van der Waals surface area contributed by atoms with Crippen LogP contribution in [0.1, 0.15) is 44.9 Å². The molecule has 134 valence electrons. The molecule has 1 saturated heterocycles. The highest BCUT2D eigenvalue weighted by Crippen LogP contribution is 2.26. The number of fused-ring (bicyclic) bond motifs is 1. The van der Waals surface area contributed by atoms with Crippen LogP contribution in [0.15, 0.2) is 24.3 Å². The van der Waals surface area contributed by atoms with E-state index in [1.807, 2.05) is 6.07 Å². The highest BCUT2D eigenvalue weighted by Gasteiger charge is 2.16. The Morgan fingerprint density at radius 3 is 2.60 bits per heavy atom. The molecule has 1 aromatic carbocycles. The van der Waals surface area contributed by atoms with E-state index in [0.717, 1.165) is 35.8 Å². The van der Waals surface area contributed by atoms with Gasteiger partial charge in [-0.2, -0.15) is 4.98 Å². The molecule has 1 aromatic heterocycles. The van der Waals surface area contributed by atoms with Crippen LogP contribution in [0.5, 0.6) is 0 Å². The van der Waals surface area contributed by atoms with Crippen LogP contribution in [0.3, 0.4) is 0 Å². The van der Waals surface area contributed by atoms with Gasteiger partial charge in [0.25, 0.3) is 0 Å². The molecule has 2 fully saturated rings. The molecular formula is C20H29N5. The van der Waals surface area contributed by atoms with Gasteiger partial charge in [0.2, 0.25) is 5.95 Å². The van der Waals surface area contributed by atoms with Crippen LogP contribution < -0.4 is 10.6 Å². The predicted octanol–water partition coefficient (Wildman–Crippen LogP) is 3.88. The van der Waals surface area contributed by atoms with Crippen molar-refractivity contribution >= 4 is 22.7 Å². The Morgan fingerprint density at radius 2 is 1.76 bits per heavy atom. The zero-order valence-electron chi connectivity index (χ0n) is 15.0. The third-order valence-corrected chi connectivity index (χ3v) is 5.46. The van der Waals surface area contributed by atoms with Crippen molar-refractivity contribution in [1.82, 2.24) is 14.9 Å². The minimum atomic E-state index is 0.546. The van der Waals surface area contributed by atoms with Gasteiger partial charge in [-0.15, -0.1) is 0 Å². The van der Waals surface area contributed by atoms with E-state index in [4.69, 9.17) is 9.97 Å². The Labute approximate surface area is 150 Å². The summed E-state index contributed by atoms with van der Waals surface area (Å²) in [5.74, 6) is 1.73. The fourth-order valence-corrected chi connectivity index (χ4v) is 4.04. The lowest BCUT2D eigenvalue weighted by Gasteiger charge is -2.24. The molecular weight excluding hydrogens is 310 g/mol. The molecule has 0 unspecified atom stereocenters. The number of rotatable bonds is 6. The highest BCUT2D eigenvalue weighted by molar-refractivity contribution is 5.90. The summed E-state index contributed by atoms with van der Waals surface area (Å²) < 4.78 is 0. The number of para-hydroxylation sites is 1. The van der Waals surface area contributed by atoms with E-state index < -0.39 is 0 Å². The molecule has 2 heterocycles. The van der Waals surface area contributed by atoms with Gasteiger partial charge in [-0.25, -0.2) is 4.98 Å². The van der Waals surface area contributed by atoms with Gasteiger partial charge in [-0.3, -0.25) is 0 Å². The largest absolute Gasteiger partial charge is 0.367 e. The number of anilines is 2. The Kier molecular flexibility index (Phi) is 5.31. The maximum Gasteiger partial charge on any atom is 0.225 e.